The third-order valence-corrected chi connectivity index (χ3v) is 2.49. The molecule has 0 atom stereocenters. The van der Waals surface area contributed by atoms with E-state index in [2.05, 4.69) is 29.4 Å². The van der Waals surface area contributed by atoms with Gasteiger partial charge in [0.2, 0.25) is 0 Å². The van der Waals surface area contributed by atoms with Gasteiger partial charge in [0, 0.05) is 26.7 Å². The van der Waals surface area contributed by atoms with Crippen LogP contribution in [0.1, 0.15) is 13.8 Å². The number of likely N-dealkylation sites (N-methyl/N-ethyl adjacent to an activating group) is 1. The van der Waals surface area contributed by atoms with Gasteiger partial charge in [0.25, 0.3) is 0 Å². The lowest BCUT2D eigenvalue weighted by Gasteiger charge is -2.18. The van der Waals surface area contributed by atoms with Gasteiger partial charge in [0.05, 0.1) is 6.61 Å². The molecule has 90 valence electrons. The summed E-state index contributed by atoms with van der Waals surface area (Å²) in [6.45, 7) is 9.85. The second-order valence-corrected chi connectivity index (χ2v) is 3.61. The summed E-state index contributed by atoms with van der Waals surface area (Å²) in [5.41, 5.74) is 0. The van der Waals surface area contributed by atoms with Crippen LogP contribution in [-0.2, 0) is 4.74 Å². The number of methoxy groups -OCH3 is 1. The Hall–Kier alpha value is -0.390. The highest BCUT2D eigenvalue weighted by Crippen LogP contribution is 1.83. The summed E-state index contributed by atoms with van der Waals surface area (Å²) >= 11 is 5.10. The summed E-state index contributed by atoms with van der Waals surface area (Å²) in [6.07, 6.45) is 0. The molecule has 0 aliphatic carbocycles. The van der Waals surface area contributed by atoms with E-state index in [0.29, 0.717) is 11.7 Å². The third kappa shape index (κ3) is 8.59. The van der Waals surface area contributed by atoms with E-state index in [9.17, 15) is 0 Å². The third-order valence-electron chi connectivity index (χ3n) is 2.20. The van der Waals surface area contributed by atoms with Crippen LogP contribution in [0.15, 0.2) is 0 Å². The summed E-state index contributed by atoms with van der Waals surface area (Å²) in [7, 11) is 1.68. The number of nitrogens with zero attached hydrogens (tertiary/aromatic N) is 1. The number of rotatable bonds is 8. The number of hydrogen-bond acceptors (Lipinski definition) is 3. The Morgan fingerprint density at radius 2 is 1.80 bits per heavy atom. The lowest BCUT2D eigenvalue weighted by Crippen LogP contribution is -2.41. The Balaban J connectivity index is 3.37. The van der Waals surface area contributed by atoms with Crippen molar-refractivity contribution < 1.29 is 4.74 Å². The number of ether oxygens (including phenoxy) is 1. The fourth-order valence-electron chi connectivity index (χ4n) is 1.20. The summed E-state index contributed by atoms with van der Waals surface area (Å²) < 4.78 is 4.91. The molecule has 0 saturated heterocycles. The summed E-state index contributed by atoms with van der Waals surface area (Å²) in [4.78, 5) is 2.35. The Morgan fingerprint density at radius 1 is 1.20 bits per heavy atom. The fraction of sp³-hybridized carbons (Fsp3) is 0.900. The predicted octanol–water partition coefficient (Wildman–Crippen LogP) is 0.439. The zero-order valence-electron chi connectivity index (χ0n) is 10.0. The molecule has 0 aliphatic heterocycles. The van der Waals surface area contributed by atoms with Crippen molar-refractivity contribution in [1.82, 2.24) is 15.5 Å². The number of thiocarbonyl (C=S) groups is 1. The van der Waals surface area contributed by atoms with E-state index in [4.69, 9.17) is 17.0 Å². The maximum atomic E-state index is 5.10. The van der Waals surface area contributed by atoms with Gasteiger partial charge in [-0.1, -0.05) is 13.8 Å². The standard InChI is InChI=1S/C10H23N3OS/c1-4-13(5-2)8-6-11-10(15)12-7-9-14-3/h4-9H2,1-3H3,(H2,11,12,15). The SMILES string of the molecule is CCN(CC)CCNC(=S)NCCOC. The second kappa shape index (κ2) is 10.1. The van der Waals surface area contributed by atoms with Crippen molar-refractivity contribution in [2.45, 2.75) is 13.8 Å². The molecule has 15 heavy (non-hydrogen) atoms. The van der Waals surface area contributed by atoms with Gasteiger partial charge in [-0.3, -0.25) is 0 Å². The van der Waals surface area contributed by atoms with Crippen LogP contribution < -0.4 is 10.6 Å². The van der Waals surface area contributed by atoms with Crippen LogP contribution in [0.5, 0.6) is 0 Å². The minimum Gasteiger partial charge on any atom is -0.383 e. The van der Waals surface area contributed by atoms with Crippen LogP contribution in [0.2, 0.25) is 0 Å². The summed E-state index contributed by atoms with van der Waals surface area (Å²) in [5, 5.41) is 6.94. The molecule has 2 N–H and O–H groups in total. The number of nitrogens with one attached hydrogen (secondary N) is 2. The summed E-state index contributed by atoms with van der Waals surface area (Å²) in [6, 6.07) is 0. The first-order valence-electron chi connectivity index (χ1n) is 5.47. The molecule has 0 bridgehead atoms. The largest absolute Gasteiger partial charge is 0.383 e. The Kier molecular flexibility index (Phi) is 9.88. The average molecular weight is 233 g/mol. The normalized spacial score (nSPS) is 10.4. The van der Waals surface area contributed by atoms with Crippen molar-refractivity contribution in [1.29, 1.82) is 0 Å². The highest BCUT2D eigenvalue weighted by molar-refractivity contribution is 7.80. The lowest BCUT2D eigenvalue weighted by molar-refractivity contribution is 0.204. The van der Waals surface area contributed by atoms with Gasteiger partial charge in [-0.15, -0.1) is 0 Å². The Morgan fingerprint density at radius 3 is 2.33 bits per heavy atom. The van der Waals surface area contributed by atoms with Crippen molar-refractivity contribution in [3.05, 3.63) is 0 Å². The van der Waals surface area contributed by atoms with E-state index in [0.717, 1.165) is 32.7 Å². The zero-order chi connectivity index (χ0) is 11.5. The van der Waals surface area contributed by atoms with Gasteiger partial charge in [0.1, 0.15) is 0 Å². The van der Waals surface area contributed by atoms with E-state index in [1.54, 1.807) is 7.11 Å². The Bertz CT molecular complexity index is 163. The molecule has 5 heteroatoms. The molecule has 0 rings (SSSR count). The molecule has 0 spiro atoms. The zero-order valence-corrected chi connectivity index (χ0v) is 10.8. The van der Waals surface area contributed by atoms with Gasteiger partial charge < -0.3 is 20.3 Å². The maximum absolute atomic E-state index is 5.10. The molecule has 4 nitrogen and oxygen atoms in total. The quantitative estimate of drug-likeness (QED) is 0.470. The molecule has 0 aliphatic rings. The fourth-order valence-corrected chi connectivity index (χ4v) is 1.40. The average Bonchev–Trinajstić information content (AvgIpc) is 2.25. The van der Waals surface area contributed by atoms with Crippen molar-refractivity contribution in [3.8, 4) is 0 Å². The van der Waals surface area contributed by atoms with Crippen LogP contribution in [-0.4, -0.2) is 56.5 Å². The molecule has 0 aromatic carbocycles. The monoisotopic (exact) mass is 233 g/mol. The van der Waals surface area contributed by atoms with E-state index in [1.165, 1.54) is 0 Å². The van der Waals surface area contributed by atoms with Crippen molar-refractivity contribution >= 4 is 17.3 Å². The molecule has 0 fully saturated rings. The lowest BCUT2D eigenvalue weighted by atomic mass is 10.4. The van der Waals surface area contributed by atoms with Gasteiger partial charge in [-0.05, 0) is 25.3 Å². The van der Waals surface area contributed by atoms with Gasteiger partial charge in [-0.2, -0.15) is 0 Å². The first-order chi connectivity index (χ1) is 7.24. The molecule has 0 radical (unpaired) electrons. The molecule has 0 aromatic rings. The van der Waals surface area contributed by atoms with E-state index < -0.39 is 0 Å². The van der Waals surface area contributed by atoms with E-state index in [1.807, 2.05) is 0 Å². The van der Waals surface area contributed by atoms with Gasteiger partial charge in [0.15, 0.2) is 5.11 Å². The minimum atomic E-state index is 0.678. The smallest absolute Gasteiger partial charge is 0.166 e. The second-order valence-electron chi connectivity index (χ2n) is 3.20. The molecule has 0 aromatic heterocycles. The molecule has 0 heterocycles. The van der Waals surface area contributed by atoms with Crippen LogP contribution in [0.4, 0.5) is 0 Å². The molecular formula is C10H23N3OS. The van der Waals surface area contributed by atoms with E-state index in [-0.39, 0.29) is 0 Å². The van der Waals surface area contributed by atoms with Crippen LogP contribution in [0, 0.1) is 0 Å². The maximum Gasteiger partial charge on any atom is 0.166 e. The highest BCUT2D eigenvalue weighted by atomic mass is 32.1. The molecular weight excluding hydrogens is 210 g/mol. The van der Waals surface area contributed by atoms with Gasteiger partial charge >= 0.3 is 0 Å². The molecule has 0 unspecified atom stereocenters. The van der Waals surface area contributed by atoms with E-state index >= 15 is 0 Å². The van der Waals surface area contributed by atoms with Crippen molar-refractivity contribution in [2.75, 3.05) is 46.4 Å². The molecule has 0 amide bonds. The minimum absolute atomic E-state index is 0.678. The predicted molar refractivity (Wildman–Crippen MR) is 68.3 cm³/mol. The van der Waals surface area contributed by atoms with Crippen LogP contribution in [0.25, 0.3) is 0 Å². The van der Waals surface area contributed by atoms with Crippen molar-refractivity contribution in [2.24, 2.45) is 0 Å². The topological polar surface area (TPSA) is 36.5 Å². The van der Waals surface area contributed by atoms with Crippen LogP contribution in [0.3, 0.4) is 0 Å². The highest BCUT2D eigenvalue weighted by Gasteiger charge is 1.98. The summed E-state index contributed by atoms with van der Waals surface area (Å²) in [5.74, 6) is 0. The first kappa shape index (κ1) is 14.6. The van der Waals surface area contributed by atoms with Crippen molar-refractivity contribution in [3.63, 3.8) is 0 Å². The van der Waals surface area contributed by atoms with Crippen LogP contribution >= 0.6 is 12.2 Å². The van der Waals surface area contributed by atoms with Gasteiger partial charge in [-0.25, -0.2) is 0 Å². The first-order valence-corrected chi connectivity index (χ1v) is 5.88. The Labute approximate surface area is 98.4 Å². The number of hydrogen-bond donors (Lipinski definition) is 2. The molecule has 0 saturated carbocycles.